The van der Waals surface area contributed by atoms with E-state index in [1.165, 1.54) is 12.1 Å². The molecule has 0 radical (unpaired) electrons. The van der Waals surface area contributed by atoms with Crippen LogP contribution in [-0.4, -0.2) is 47.8 Å². The second-order valence-corrected chi connectivity index (χ2v) is 5.20. The van der Waals surface area contributed by atoms with Crippen molar-refractivity contribution in [2.75, 3.05) is 44.0 Å². The number of likely N-dealkylation sites (N-methyl/N-ethyl adjacent to an activating group) is 1. The Balaban J connectivity index is 2.07. The van der Waals surface area contributed by atoms with Crippen molar-refractivity contribution >= 4 is 28.6 Å². The van der Waals surface area contributed by atoms with Crippen molar-refractivity contribution in [2.45, 2.75) is 0 Å². The molecule has 0 atom stereocenters. The average Bonchev–Trinajstić information content (AvgIpc) is 2.67. The quantitative estimate of drug-likeness (QED) is 0.857. The van der Waals surface area contributed by atoms with Crippen molar-refractivity contribution in [1.29, 1.82) is 0 Å². The maximum atomic E-state index is 13.6. The fourth-order valence-corrected chi connectivity index (χ4v) is 2.53. The fraction of sp³-hybridized carbons (Fsp3) is 0.417. The molecule has 0 unspecified atom stereocenters. The molecule has 5 nitrogen and oxygen atoms in total. The molecule has 3 rings (SSSR count). The van der Waals surface area contributed by atoms with Crippen molar-refractivity contribution in [3.8, 4) is 0 Å². The first-order chi connectivity index (χ1) is 9.06. The molecule has 0 bridgehead atoms. The maximum absolute atomic E-state index is 13.6. The second kappa shape index (κ2) is 4.54. The second-order valence-electron chi connectivity index (χ2n) is 4.79. The van der Waals surface area contributed by atoms with Crippen LogP contribution < -0.4 is 10.7 Å². The minimum atomic E-state index is -0.454. The average molecular weight is 284 g/mol. The standard InChI is InChI=1S/C12H15ClFN5/c1-17-2-4-18(5-3-17)19-11-7-9(14)8(13)6-10(11)16-12(19)15/h6-7H,2-5H2,1H3,(H2,15,16). The van der Waals surface area contributed by atoms with E-state index in [9.17, 15) is 4.39 Å². The van der Waals surface area contributed by atoms with Crippen molar-refractivity contribution in [3.05, 3.63) is 23.0 Å². The number of nitrogens with two attached hydrogens (primary N) is 1. The van der Waals surface area contributed by atoms with Gasteiger partial charge in [0, 0.05) is 32.2 Å². The molecule has 0 amide bonds. The molecule has 1 saturated heterocycles. The molecule has 2 heterocycles. The summed E-state index contributed by atoms with van der Waals surface area (Å²) in [6, 6.07) is 2.90. The van der Waals surface area contributed by atoms with Crippen molar-refractivity contribution in [1.82, 2.24) is 14.6 Å². The van der Waals surface area contributed by atoms with Crippen molar-refractivity contribution in [2.24, 2.45) is 0 Å². The number of rotatable bonds is 1. The molecule has 7 heteroatoms. The Bertz CT molecular complexity index is 618. The Hall–Kier alpha value is -1.53. The van der Waals surface area contributed by atoms with Gasteiger partial charge in [0.2, 0.25) is 5.95 Å². The number of nitrogen functional groups attached to an aromatic ring is 1. The van der Waals surface area contributed by atoms with Crippen molar-refractivity contribution in [3.63, 3.8) is 0 Å². The van der Waals surface area contributed by atoms with Gasteiger partial charge in [-0.1, -0.05) is 11.6 Å². The van der Waals surface area contributed by atoms with Crippen LogP contribution >= 0.6 is 11.6 Å². The van der Waals surface area contributed by atoms with Gasteiger partial charge in [0.05, 0.1) is 16.1 Å². The molecule has 1 aliphatic heterocycles. The molecular formula is C12H15ClFN5. The molecular weight excluding hydrogens is 269 g/mol. The smallest absolute Gasteiger partial charge is 0.220 e. The summed E-state index contributed by atoms with van der Waals surface area (Å²) in [5, 5.41) is 2.15. The van der Waals surface area contributed by atoms with Gasteiger partial charge in [-0.2, -0.15) is 0 Å². The van der Waals surface area contributed by atoms with Crippen LogP contribution in [0.25, 0.3) is 11.0 Å². The number of nitrogens with zero attached hydrogens (tertiary/aromatic N) is 4. The number of hydrogen-bond acceptors (Lipinski definition) is 4. The summed E-state index contributed by atoms with van der Waals surface area (Å²) >= 11 is 5.77. The van der Waals surface area contributed by atoms with Crippen LogP contribution in [0.15, 0.2) is 12.1 Å². The Morgan fingerprint density at radius 1 is 1.26 bits per heavy atom. The van der Waals surface area contributed by atoms with Crippen LogP contribution in [0, 0.1) is 5.82 Å². The van der Waals surface area contributed by atoms with Crippen LogP contribution in [0.2, 0.25) is 5.02 Å². The topological polar surface area (TPSA) is 50.3 Å². The first-order valence-electron chi connectivity index (χ1n) is 6.13. The number of piperazine rings is 1. The zero-order chi connectivity index (χ0) is 13.6. The van der Waals surface area contributed by atoms with Crippen LogP contribution in [0.1, 0.15) is 0 Å². The molecule has 1 aromatic heterocycles. The Kier molecular flexibility index (Phi) is 2.99. The van der Waals surface area contributed by atoms with Gasteiger partial charge in [-0.15, -0.1) is 0 Å². The van der Waals surface area contributed by atoms with E-state index in [4.69, 9.17) is 17.3 Å². The molecule has 19 heavy (non-hydrogen) atoms. The number of fused-ring (bicyclic) bond motifs is 1. The first kappa shape index (κ1) is 12.5. The van der Waals surface area contributed by atoms with Gasteiger partial charge in [-0.3, -0.25) is 0 Å². The van der Waals surface area contributed by atoms with Gasteiger partial charge in [0.25, 0.3) is 0 Å². The lowest BCUT2D eigenvalue weighted by atomic mass is 10.3. The third kappa shape index (κ3) is 2.11. The number of imidazole rings is 1. The van der Waals surface area contributed by atoms with Gasteiger partial charge >= 0.3 is 0 Å². The predicted octanol–water partition coefficient (Wildman–Crippen LogP) is 1.29. The molecule has 0 spiro atoms. The van der Waals surface area contributed by atoms with Crippen molar-refractivity contribution < 1.29 is 4.39 Å². The zero-order valence-electron chi connectivity index (χ0n) is 10.6. The van der Waals surface area contributed by atoms with Gasteiger partial charge in [0.15, 0.2) is 0 Å². The van der Waals surface area contributed by atoms with Crippen LogP contribution in [0.3, 0.4) is 0 Å². The third-order valence-electron chi connectivity index (χ3n) is 3.46. The number of anilines is 1. The predicted molar refractivity (Wildman–Crippen MR) is 74.6 cm³/mol. The lowest BCUT2D eigenvalue weighted by molar-refractivity contribution is 0.290. The highest BCUT2D eigenvalue weighted by Gasteiger charge is 2.20. The van der Waals surface area contributed by atoms with E-state index in [-0.39, 0.29) is 5.02 Å². The van der Waals surface area contributed by atoms with Gasteiger partial charge < -0.3 is 15.6 Å². The third-order valence-corrected chi connectivity index (χ3v) is 3.75. The van der Waals surface area contributed by atoms with E-state index in [1.807, 2.05) is 0 Å². The SMILES string of the molecule is CN1CCN(n2c(N)nc3cc(Cl)c(F)cc32)CC1. The summed E-state index contributed by atoms with van der Waals surface area (Å²) in [6.45, 7) is 3.54. The van der Waals surface area contributed by atoms with Gasteiger partial charge in [-0.25, -0.2) is 14.1 Å². The van der Waals surface area contributed by atoms with E-state index < -0.39 is 5.82 Å². The summed E-state index contributed by atoms with van der Waals surface area (Å²) in [4.78, 5) is 6.48. The monoisotopic (exact) mass is 283 g/mol. The van der Waals surface area contributed by atoms with E-state index in [2.05, 4.69) is 21.9 Å². The number of aromatic nitrogens is 2. The first-order valence-corrected chi connectivity index (χ1v) is 6.51. The number of benzene rings is 1. The van der Waals surface area contributed by atoms with E-state index in [0.717, 1.165) is 26.2 Å². The van der Waals surface area contributed by atoms with E-state index in [0.29, 0.717) is 17.0 Å². The minimum absolute atomic E-state index is 0.0653. The summed E-state index contributed by atoms with van der Waals surface area (Å²) in [5.41, 5.74) is 7.22. The Labute approximate surface area is 115 Å². The lowest BCUT2D eigenvalue weighted by Gasteiger charge is -2.35. The normalized spacial score (nSPS) is 17.3. The highest BCUT2D eigenvalue weighted by atomic mass is 35.5. The molecule has 1 fully saturated rings. The molecule has 0 saturated carbocycles. The molecule has 102 valence electrons. The molecule has 1 aliphatic rings. The summed E-state index contributed by atoms with van der Waals surface area (Å²) in [6.07, 6.45) is 0. The molecule has 2 aromatic rings. The van der Waals surface area contributed by atoms with E-state index >= 15 is 0 Å². The maximum Gasteiger partial charge on any atom is 0.220 e. The Morgan fingerprint density at radius 3 is 2.63 bits per heavy atom. The van der Waals surface area contributed by atoms with Crippen LogP contribution in [0.5, 0.6) is 0 Å². The highest BCUT2D eigenvalue weighted by Crippen LogP contribution is 2.25. The highest BCUT2D eigenvalue weighted by molar-refractivity contribution is 6.31. The molecule has 1 aromatic carbocycles. The van der Waals surface area contributed by atoms with Crippen LogP contribution in [-0.2, 0) is 0 Å². The van der Waals surface area contributed by atoms with Crippen LogP contribution in [0.4, 0.5) is 10.3 Å². The lowest BCUT2D eigenvalue weighted by Crippen LogP contribution is -2.50. The zero-order valence-corrected chi connectivity index (χ0v) is 11.4. The number of hydrogen-bond donors (Lipinski definition) is 1. The molecule has 2 N–H and O–H groups in total. The number of halogens is 2. The summed E-state index contributed by atoms with van der Waals surface area (Å²) in [5.74, 6) is -0.0920. The molecule has 0 aliphatic carbocycles. The largest absolute Gasteiger partial charge is 0.368 e. The summed E-state index contributed by atoms with van der Waals surface area (Å²) in [7, 11) is 2.08. The summed E-state index contributed by atoms with van der Waals surface area (Å²) < 4.78 is 15.4. The minimum Gasteiger partial charge on any atom is -0.368 e. The van der Waals surface area contributed by atoms with Gasteiger partial charge in [-0.05, 0) is 13.1 Å². The van der Waals surface area contributed by atoms with Gasteiger partial charge in [0.1, 0.15) is 5.82 Å². The van der Waals surface area contributed by atoms with E-state index in [1.54, 1.807) is 4.68 Å². The fourth-order valence-electron chi connectivity index (χ4n) is 2.37. The Morgan fingerprint density at radius 2 is 1.95 bits per heavy atom.